The zero-order chi connectivity index (χ0) is 15.1. The van der Waals surface area contributed by atoms with Gasteiger partial charge in [0.05, 0.1) is 19.9 Å². The summed E-state index contributed by atoms with van der Waals surface area (Å²) in [6.07, 6.45) is 3.45. The number of oxime groups is 1. The van der Waals surface area contributed by atoms with Gasteiger partial charge in [0.25, 0.3) is 0 Å². The third-order valence-corrected chi connectivity index (χ3v) is 2.99. The number of aromatic nitrogens is 3. The molecule has 0 bridgehead atoms. The minimum absolute atomic E-state index is 0.0709. The highest BCUT2D eigenvalue weighted by Crippen LogP contribution is 2.19. The lowest BCUT2D eigenvalue weighted by Gasteiger charge is -2.11. The molecule has 0 aliphatic heterocycles. The highest BCUT2D eigenvalue weighted by atomic mass is 16.5. The summed E-state index contributed by atoms with van der Waals surface area (Å²) in [4.78, 5) is 0. The van der Waals surface area contributed by atoms with Gasteiger partial charge < -0.3 is 21.0 Å². The van der Waals surface area contributed by atoms with Gasteiger partial charge in [0, 0.05) is 30.4 Å². The molecule has 0 spiro atoms. The van der Waals surface area contributed by atoms with Crippen molar-refractivity contribution < 1.29 is 9.94 Å². The maximum Gasteiger partial charge on any atom is 0.170 e. The lowest BCUT2D eigenvalue weighted by molar-refractivity contribution is 0.318. The van der Waals surface area contributed by atoms with E-state index in [2.05, 4.69) is 20.8 Å². The number of rotatable bonds is 7. The van der Waals surface area contributed by atoms with E-state index in [0.717, 1.165) is 24.4 Å². The normalized spacial score (nSPS) is 11.6. The maximum atomic E-state index is 8.73. The Bertz CT molecular complexity index is 597. The summed E-state index contributed by atoms with van der Waals surface area (Å²) < 4.78 is 7.05. The van der Waals surface area contributed by atoms with E-state index in [1.165, 1.54) is 0 Å². The van der Waals surface area contributed by atoms with Crippen LogP contribution in [0.4, 0.5) is 0 Å². The monoisotopic (exact) mass is 290 g/mol. The average molecular weight is 290 g/mol. The molecule has 0 saturated carbocycles. The smallest absolute Gasteiger partial charge is 0.170 e. The van der Waals surface area contributed by atoms with Gasteiger partial charge in [0.15, 0.2) is 5.84 Å². The van der Waals surface area contributed by atoms with Gasteiger partial charge >= 0.3 is 0 Å². The fourth-order valence-corrected chi connectivity index (χ4v) is 1.90. The molecule has 1 aromatic carbocycles. The van der Waals surface area contributed by atoms with E-state index in [-0.39, 0.29) is 5.84 Å². The fourth-order valence-electron chi connectivity index (χ4n) is 1.90. The van der Waals surface area contributed by atoms with Crippen molar-refractivity contribution in [2.24, 2.45) is 10.9 Å². The van der Waals surface area contributed by atoms with Gasteiger partial charge in [-0.1, -0.05) is 10.4 Å². The summed E-state index contributed by atoms with van der Waals surface area (Å²) in [6, 6.07) is 5.37. The Morgan fingerprint density at radius 3 is 3.05 bits per heavy atom. The molecule has 0 amide bonds. The van der Waals surface area contributed by atoms with Crippen molar-refractivity contribution >= 4 is 5.84 Å². The molecule has 8 heteroatoms. The molecule has 0 radical (unpaired) electrons. The van der Waals surface area contributed by atoms with Crippen LogP contribution in [-0.2, 0) is 13.1 Å². The Balaban J connectivity index is 1.97. The molecule has 0 unspecified atom stereocenters. The number of nitrogens with one attached hydrogen (secondary N) is 1. The van der Waals surface area contributed by atoms with Crippen molar-refractivity contribution in [3.05, 3.63) is 41.7 Å². The van der Waals surface area contributed by atoms with E-state index in [1.807, 2.05) is 6.07 Å². The maximum absolute atomic E-state index is 8.73. The number of benzene rings is 1. The highest BCUT2D eigenvalue weighted by Gasteiger charge is 2.07. The van der Waals surface area contributed by atoms with Crippen LogP contribution in [0.15, 0.2) is 35.7 Å². The number of hydrogen-bond donors (Lipinski definition) is 3. The second-order valence-electron chi connectivity index (χ2n) is 4.35. The first kappa shape index (κ1) is 14.8. The van der Waals surface area contributed by atoms with Crippen molar-refractivity contribution in [2.75, 3.05) is 13.7 Å². The standard InChI is InChI=1S/C13H18N6O2/c1-21-12-3-2-10(13(14)17-20)8-11(12)9-15-4-6-19-7-5-16-18-19/h2-3,5,7-8,15,20H,4,6,9H2,1H3,(H2,14,17). The summed E-state index contributed by atoms with van der Waals surface area (Å²) in [5, 5.41) is 22.6. The van der Waals surface area contributed by atoms with Crippen LogP contribution in [0.1, 0.15) is 11.1 Å². The van der Waals surface area contributed by atoms with Gasteiger partial charge in [-0.3, -0.25) is 4.68 Å². The average Bonchev–Trinajstić information content (AvgIpc) is 3.04. The first-order chi connectivity index (χ1) is 10.2. The molecule has 0 aliphatic carbocycles. The van der Waals surface area contributed by atoms with Crippen LogP contribution in [0.25, 0.3) is 0 Å². The molecule has 4 N–H and O–H groups in total. The third-order valence-electron chi connectivity index (χ3n) is 2.99. The number of methoxy groups -OCH3 is 1. The van der Waals surface area contributed by atoms with Gasteiger partial charge in [0.2, 0.25) is 0 Å². The van der Waals surface area contributed by atoms with Crippen LogP contribution in [0.2, 0.25) is 0 Å². The summed E-state index contributed by atoms with van der Waals surface area (Å²) in [6.45, 7) is 2.06. The zero-order valence-corrected chi connectivity index (χ0v) is 11.7. The zero-order valence-electron chi connectivity index (χ0n) is 11.7. The Morgan fingerprint density at radius 1 is 1.52 bits per heavy atom. The van der Waals surface area contributed by atoms with E-state index >= 15 is 0 Å². The molecule has 0 fully saturated rings. The van der Waals surface area contributed by atoms with E-state index in [9.17, 15) is 0 Å². The van der Waals surface area contributed by atoms with E-state index < -0.39 is 0 Å². The second-order valence-corrected chi connectivity index (χ2v) is 4.35. The van der Waals surface area contributed by atoms with E-state index in [4.69, 9.17) is 15.7 Å². The molecule has 2 aromatic rings. The summed E-state index contributed by atoms with van der Waals surface area (Å²) >= 11 is 0. The van der Waals surface area contributed by atoms with Gasteiger partial charge in [-0.25, -0.2) is 0 Å². The van der Waals surface area contributed by atoms with Gasteiger partial charge in [0.1, 0.15) is 5.75 Å². The highest BCUT2D eigenvalue weighted by molar-refractivity contribution is 5.97. The summed E-state index contributed by atoms with van der Waals surface area (Å²) in [7, 11) is 1.61. The van der Waals surface area contributed by atoms with Crippen LogP contribution in [0, 0.1) is 0 Å². The molecule has 2 rings (SSSR count). The lowest BCUT2D eigenvalue weighted by atomic mass is 10.1. The van der Waals surface area contributed by atoms with E-state index in [1.54, 1.807) is 36.3 Å². The fraction of sp³-hybridized carbons (Fsp3) is 0.308. The molecule has 0 atom stereocenters. The number of ether oxygens (including phenoxy) is 1. The number of hydrogen-bond acceptors (Lipinski definition) is 6. The van der Waals surface area contributed by atoms with Crippen LogP contribution < -0.4 is 15.8 Å². The predicted octanol–water partition coefficient (Wildman–Crippen LogP) is 0.171. The molecule has 21 heavy (non-hydrogen) atoms. The van der Waals surface area contributed by atoms with E-state index in [0.29, 0.717) is 12.1 Å². The van der Waals surface area contributed by atoms with Gasteiger partial charge in [-0.05, 0) is 18.2 Å². The predicted molar refractivity (Wildman–Crippen MR) is 77.2 cm³/mol. The third kappa shape index (κ3) is 3.93. The topological polar surface area (TPSA) is 111 Å². The molecule has 1 aromatic heterocycles. The van der Waals surface area contributed by atoms with Crippen molar-refractivity contribution in [1.29, 1.82) is 0 Å². The Hall–Kier alpha value is -2.61. The molecule has 0 aliphatic rings. The van der Waals surface area contributed by atoms with Crippen molar-refractivity contribution in [2.45, 2.75) is 13.1 Å². The van der Waals surface area contributed by atoms with Crippen LogP contribution in [-0.4, -0.2) is 39.7 Å². The van der Waals surface area contributed by atoms with Gasteiger partial charge in [-0.2, -0.15) is 0 Å². The van der Waals surface area contributed by atoms with Gasteiger partial charge in [-0.15, -0.1) is 5.10 Å². The second kappa shape index (κ2) is 7.25. The molecular weight excluding hydrogens is 272 g/mol. The minimum atomic E-state index is 0.0709. The van der Waals surface area contributed by atoms with Crippen molar-refractivity contribution in [1.82, 2.24) is 20.3 Å². The number of amidine groups is 1. The first-order valence-electron chi connectivity index (χ1n) is 6.44. The first-order valence-corrected chi connectivity index (χ1v) is 6.44. The SMILES string of the molecule is COc1ccc(/C(N)=N/O)cc1CNCCn1ccnn1. The van der Waals surface area contributed by atoms with Crippen LogP contribution in [0.3, 0.4) is 0 Å². The Morgan fingerprint density at radius 2 is 2.38 bits per heavy atom. The Kier molecular flexibility index (Phi) is 5.10. The number of nitrogens with two attached hydrogens (primary N) is 1. The largest absolute Gasteiger partial charge is 0.496 e. The summed E-state index contributed by atoms with van der Waals surface area (Å²) in [5.74, 6) is 0.819. The van der Waals surface area contributed by atoms with Crippen LogP contribution in [0.5, 0.6) is 5.75 Å². The van der Waals surface area contributed by atoms with Crippen LogP contribution >= 0.6 is 0 Å². The Labute approximate surface area is 122 Å². The molecule has 0 saturated heterocycles. The molecule has 1 heterocycles. The van der Waals surface area contributed by atoms with Crippen molar-refractivity contribution in [3.8, 4) is 5.75 Å². The summed E-state index contributed by atoms with van der Waals surface area (Å²) in [5.41, 5.74) is 7.17. The quantitative estimate of drug-likeness (QED) is 0.220. The molecular formula is C13H18N6O2. The molecule has 8 nitrogen and oxygen atoms in total. The molecule has 112 valence electrons. The minimum Gasteiger partial charge on any atom is -0.496 e. The number of nitrogens with zero attached hydrogens (tertiary/aromatic N) is 4. The lowest BCUT2D eigenvalue weighted by Crippen LogP contribution is -2.21. The van der Waals surface area contributed by atoms with Crippen molar-refractivity contribution in [3.63, 3.8) is 0 Å².